The summed E-state index contributed by atoms with van der Waals surface area (Å²) in [5, 5.41) is 4.65. The summed E-state index contributed by atoms with van der Waals surface area (Å²) in [6, 6.07) is 7.47. The van der Waals surface area contributed by atoms with E-state index in [2.05, 4.69) is 12.2 Å². The Morgan fingerprint density at radius 2 is 1.95 bits per heavy atom. The molecule has 114 valence electrons. The molecule has 0 aliphatic rings. The highest BCUT2D eigenvalue weighted by Gasteiger charge is 2.20. The molecule has 0 amide bonds. The van der Waals surface area contributed by atoms with Crippen molar-refractivity contribution in [3.63, 3.8) is 0 Å². The molecule has 0 spiro atoms. The van der Waals surface area contributed by atoms with Crippen LogP contribution < -0.4 is 10.1 Å². The molecule has 2 rings (SSSR count). The van der Waals surface area contributed by atoms with Gasteiger partial charge in [-0.1, -0.05) is 41.7 Å². The Morgan fingerprint density at radius 1 is 1.19 bits per heavy atom. The van der Waals surface area contributed by atoms with Crippen LogP contribution in [0.4, 0.5) is 0 Å². The van der Waals surface area contributed by atoms with E-state index in [4.69, 9.17) is 39.5 Å². The molecule has 2 aromatic rings. The highest BCUT2D eigenvalue weighted by Crippen LogP contribution is 2.38. The van der Waals surface area contributed by atoms with Gasteiger partial charge in [0.05, 0.1) is 22.5 Å². The Balaban J connectivity index is 2.43. The van der Waals surface area contributed by atoms with Gasteiger partial charge in [0.25, 0.3) is 0 Å². The molecule has 0 radical (unpaired) electrons. The van der Waals surface area contributed by atoms with Crippen LogP contribution in [0.2, 0.25) is 14.4 Å². The smallest absolute Gasteiger partial charge is 0.138 e. The number of ether oxygens (including phenoxy) is 1. The van der Waals surface area contributed by atoms with Gasteiger partial charge in [0.15, 0.2) is 0 Å². The normalized spacial score (nSPS) is 12.4. The molecule has 21 heavy (non-hydrogen) atoms. The van der Waals surface area contributed by atoms with E-state index in [1.54, 1.807) is 13.2 Å². The van der Waals surface area contributed by atoms with Gasteiger partial charge in [-0.3, -0.25) is 0 Å². The third-order valence-corrected chi connectivity index (χ3v) is 4.98. The van der Waals surface area contributed by atoms with Crippen LogP contribution in [-0.2, 0) is 0 Å². The fourth-order valence-corrected chi connectivity index (χ4v) is 3.73. The maximum absolute atomic E-state index is 6.40. The van der Waals surface area contributed by atoms with E-state index >= 15 is 0 Å². The third kappa shape index (κ3) is 4.05. The summed E-state index contributed by atoms with van der Waals surface area (Å²) in [7, 11) is 1.57. The van der Waals surface area contributed by atoms with E-state index in [0.717, 1.165) is 27.7 Å². The maximum atomic E-state index is 6.40. The van der Waals surface area contributed by atoms with Crippen molar-refractivity contribution < 1.29 is 4.74 Å². The zero-order valence-corrected chi connectivity index (χ0v) is 14.8. The zero-order valence-electron chi connectivity index (χ0n) is 11.8. The fourth-order valence-electron chi connectivity index (χ4n) is 2.06. The van der Waals surface area contributed by atoms with Gasteiger partial charge < -0.3 is 10.1 Å². The molecule has 1 unspecified atom stereocenters. The second kappa shape index (κ2) is 7.70. The summed E-state index contributed by atoms with van der Waals surface area (Å²) in [5.74, 6) is 0.573. The number of halogens is 3. The maximum Gasteiger partial charge on any atom is 0.138 e. The van der Waals surface area contributed by atoms with Crippen molar-refractivity contribution in [3.05, 3.63) is 49.1 Å². The quantitative estimate of drug-likeness (QED) is 0.698. The van der Waals surface area contributed by atoms with E-state index in [1.165, 1.54) is 11.3 Å². The highest BCUT2D eigenvalue weighted by molar-refractivity contribution is 7.16. The van der Waals surface area contributed by atoms with Crippen molar-refractivity contribution in [2.45, 2.75) is 19.4 Å². The van der Waals surface area contributed by atoms with E-state index in [1.807, 2.05) is 18.2 Å². The Labute approximate surface area is 144 Å². The Hall–Kier alpha value is -0.450. The molecule has 1 aromatic carbocycles. The fraction of sp³-hybridized carbons (Fsp3) is 0.333. The number of thiophene rings is 1. The minimum Gasteiger partial charge on any atom is -0.495 e. The van der Waals surface area contributed by atoms with Crippen LogP contribution in [0.5, 0.6) is 5.75 Å². The third-order valence-electron chi connectivity index (χ3n) is 3.06. The van der Waals surface area contributed by atoms with Crippen LogP contribution in [0.15, 0.2) is 24.3 Å². The Kier molecular flexibility index (Phi) is 6.20. The lowest BCUT2D eigenvalue weighted by atomic mass is 10.0. The summed E-state index contributed by atoms with van der Waals surface area (Å²) >= 11 is 20.2. The van der Waals surface area contributed by atoms with Crippen molar-refractivity contribution in [1.82, 2.24) is 5.32 Å². The van der Waals surface area contributed by atoms with Crippen molar-refractivity contribution in [2.24, 2.45) is 0 Å². The van der Waals surface area contributed by atoms with Crippen LogP contribution in [0, 0.1) is 0 Å². The lowest BCUT2D eigenvalue weighted by Crippen LogP contribution is -2.22. The molecule has 1 N–H and O–H groups in total. The molecule has 0 saturated heterocycles. The van der Waals surface area contributed by atoms with Gasteiger partial charge in [0.2, 0.25) is 0 Å². The number of hydrogen-bond donors (Lipinski definition) is 1. The number of hydrogen-bond acceptors (Lipinski definition) is 3. The van der Waals surface area contributed by atoms with Crippen LogP contribution in [0.25, 0.3) is 0 Å². The first-order valence-corrected chi connectivity index (χ1v) is 8.53. The molecule has 1 heterocycles. The molecule has 0 aliphatic heterocycles. The Morgan fingerprint density at radius 3 is 2.52 bits per heavy atom. The van der Waals surface area contributed by atoms with Gasteiger partial charge in [-0.2, -0.15) is 0 Å². The molecular formula is C15H16Cl3NOS. The first kappa shape index (κ1) is 16.9. The molecule has 1 aromatic heterocycles. The van der Waals surface area contributed by atoms with Crippen molar-refractivity contribution in [2.75, 3.05) is 13.7 Å². The minimum atomic E-state index is -0.0293. The largest absolute Gasteiger partial charge is 0.495 e. The average molecular weight is 365 g/mol. The zero-order chi connectivity index (χ0) is 15.4. The molecule has 0 aliphatic carbocycles. The lowest BCUT2D eigenvalue weighted by Gasteiger charge is -2.20. The second-order valence-electron chi connectivity index (χ2n) is 4.54. The Bertz CT molecular complexity index is 615. The molecule has 1 atom stereocenters. The number of methoxy groups -OCH3 is 1. The standard InChI is InChI=1S/C15H16Cl3NOS/c1-3-6-19-15(13-4-5-14(18)21-13)9-7-11(17)12(20-2)8-10(9)16/h4-5,7-8,15,19H,3,6H2,1-2H3. The van der Waals surface area contributed by atoms with Crippen LogP contribution in [-0.4, -0.2) is 13.7 Å². The lowest BCUT2D eigenvalue weighted by molar-refractivity contribution is 0.414. The van der Waals surface area contributed by atoms with Gasteiger partial charge in [0.1, 0.15) is 5.75 Å². The monoisotopic (exact) mass is 363 g/mol. The van der Waals surface area contributed by atoms with E-state index in [0.29, 0.717) is 15.8 Å². The predicted molar refractivity (Wildman–Crippen MR) is 92.5 cm³/mol. The van der Waals surface area contributed by atoms with Gasteiger partial charge in [-0.25, -0.2) is 0 Å². The molecule has 0 saturated carbocycles. The average Bonchev–Trinajstić information content (AvgIpc) is 2.89. The van der Waals surface area contributed by atoms with Crippen LogP contribution in [0.1, 0.15) is 29.8 Å². The summed E-state index contributed by atoms with van der Waals surface area (Å²) in [6.45, 7) is 2.99. The molecular weight excluding hydrogens is 349 g/mol. The molecule has 6 heteroatoms. The van der Waals surface area contributed by atoms with Gasteiger partial charge in [0, 0.05) is 16.0 Å². The molecule has 0 fully saturated rings. The van der Waals surface area contributed by atoms with E-state index < -0.39 is 0 Å². The van der Waals surface area contributed by atoms with E-state index in [9.17, 15) is 0 Å². The number of rotatable bonds is 6. The van der Waals surface area contributed by atoms with Crippen LogP contribution >= 0.6 is 46.1 Å². The second-order valence-corrected chi connectivity index (χ2v) is 7.10. The first-order valence-electron chi connectivity index (χ1n) is 6.58. The van der Waals surface area contributed by atoms with Crippen molar-refractivity contribution >= 4 is 46.1 Å². The number of nitrogens with one attached hydrogen (secondary N) is 1. The van der Waals surface area contributed by atoms with Crippen LogP contribution in [0.3, 0.4) is 0 Å². The van der Waals surface area contributed by atoms with Crippen molar-refractivity contribution in [1.29, 1.82) is 0 Å². The molecule has 0 bridgehead atoms. The predicted octanol–water partition coefficient (Wildman–Crippen LogP) is 5.81. The SMILES string of the molecule is CCCNC(c1ccc(Cl)s1)c1cc(Cl)c(OC)cc1Cl. The highest BCUT2D eigenvalue weighted by atomic mass is 35.5. The summed E-state index contributed by atoms with van der Waals surface area (Å²) < 4.78 is 5.95. The minimum absolute atomic E-state index is 0.0293. The summed E-state index contributed by atoms with van der Waals surface area (Å²) in [6.07, 6.45) is 1.02. The summed E-state index contributed by atoms with van der Waals surface area (Å²) in [4.78, 5) is 1.11. The van der Waals surface area contributed by atoms with Gasteiger partial charge in [-0.15, -0.1) is 11.3 Å². The van der Waals surface area contributed by atoms with Gasteiger partial charge in [-0.05, 0) is 36.7 Å². The number of benzene rings is 1. The summed E-state index contributed by atoms with van der Waals surface area (Å²) in [5.41, 5.74) is 0.925. The topological polar surface area (TPSA) is 21.3 Å². The van der Waals surface area contributed by atoms with Gasteiger partial charge >= 0.3 is 0 Å². The van der Waals surface area contributed by atoms with Crippen molar-refractivity contribution in [3.8, 4) is 5.75 Å². The van der Waals surface area contributed by atoms with E-state index in [-0.39, 0.29) is 6.04 Å². The molecule has 2 nitrogen and oxygen atoms in total. The first-order chi connectivity index (χ1) is 10.1.